The van der Waals surface area contributed by atoms with Gasteiger partial charge in [0.2, 0.25) is 0 Å². The molecule has 1 nitrogen and oxygen atoms in total. The van der Waals surface area contributed by atoms with Crippen molar-refractivity contribution in [2.45, 2.75) is 6.16 Å². The van der Waals surface area contributed by atoms with Gasteiger partial charge in [-0.2, -0.15) is 0 Å². The van der Waals surface area contributed by atoms with Gasteiger partial charge in [0.25, 0.3) is 0 Å². The molecule has 0 spiro atoms. The van der Waals surface area contributed by atoms with E-state index in [9.17, 15) is 0 Å². The van der Waals surface area contributed by atoms with Crippen LogP contribution in [0.15, 0.2) is 24.5 Å². The molecule has 10 heavy (non-hydrogen) atoms. The highest BCUT2D eigenvalue weighted by Crippen LogP contribution is 2.49. The van der Waals surface area contributed by atoms with Crippen LogP contribution in [0.25, 0.3) is 0 Å². The van der Waals surface area contributed by atoms with E-state index in [1.807, 2.05) is 12.1 Å². The molecular weight excluding hydrogens is 188 g/mol. The van der Waals surface area contributed by atoms with Gasteiger partial charge in [-0.1, -0.05) is 28.5 Å². The zero-order valence-electron chi connectivity index (χ0n) is 5.17. The summed E-state index contributed by atoms with van der Waals surface area (Å²) >= 11 is 11.2. The Hall–Kier alpha value is 0.160. The van der Waals surface area contributed by atoms with Crippen molar-refractivity contribution in [3.63, 3.8) is 0 Å². The molecule has 0 unspecified atom stereocenters. The number of hydrogen-bond acceptors (Lipinski definition) is 1. The summed E-state index contributed by atoms with van der Waals surface area (Å²) in [7, 11) is 0. The minimum Gasteiger partial charge on any atom is -0.264 e. The van der Waals surface area contributed by atoms with Gasteiger partial charge >= 0.3 is 0 Å². The van der Waals surface area contributed by atoms with Gasteiger partial charge < -0.3 is 0 Å². The van der Waals surface area contributed by atoms with Crippen LogP contribution in [0.4, 0.5) is 0 Å². The molecule has 0 aliphatic rings. The summed E-state index contributed by atoms with van der Waals surface area (Å²) in [6.45, 7) is -0.872. The van der Waals surface area contributed by atoms with Gasteiger partial charge in [0, 0.05) is 18.6 Å². The van der Waals surface area contributed by atoms with Gasteiger partial charge in [-0.25, -0.2) is 0 Å². The van der Waals surface area contributed by atoms with Crippen LogP contribution in [0, 0.1) is 0 Å². The Morgan fingerprint density at radius 2 is 2.30 bits per heavy atom. The first kappa shape index (κ1) is 8.26. The van der Waals surface area contributed by atoms with Crippen LogP contribution in [0.2, 0.25) is 0 Å². The largest absolute Gasteiger partial charge is 0.264 e. The van der Waals surface area contributed by atoms with E-state index in [2.05, 4.69) is 4.98 Å². The first-order valence-electron chi connectivity index (χ1n) is 2.77. The molecule has 54 valence electrons. The summed E-state index contributed by atoms with van der Waals surface area (Å²) in [5.74, 6) is 0. The first-order chi connectivity index (χ1) is 4.79. The Bertz CT molecular complexity index is 190. The molecule has 0 bridgehead atoms. The van der Waals surface area contributed by atoms with Crippen molar-refractivity contribution >= 4 is 29.1 Å². The number of halogens is 2. The van der Waals surface area contributed by atoms with E-state index in [4.69, 9.17) is 22.5 Å². The van der Waals surface area contributed by atoms with Gasteiger partial charge in [-0.05, 0) is 11.6 Å². The Kier molecular flexibility index (Phi) is 3.41. The Balaban J connectivity index is 2.59. The lowest BCUT2D eigenvalue weighted by Gasteiger charge is -1.97. The number of aromatic nitrogens is 1. The fourth-order valence-electron chi connectivity index (χ4n) is 0.630. The summed E-state index contributed by atoms with van der Waals surface area (Å²) in [4.78, 5) is 3.93. The topological polar surface area (TPSA) is 12.9 Å². The first-order valence-corrected chi connectivity index (χ1v) is 6.11. The fourth-order valence-corrected chi connectivity index (χ4v) is 1.92. The fraction of sp³-hybridized carbons (Fsp3) is 0.167. The van der Waals surface area contributed by atoms with E-state index >= 15 is 0 Å². The second-order valence-electron chi connectivity index (χ2n) is 1.82. The third-order valence-electron chi connectivity index (χ3n) is 1.02. The predicted molar refractivity (Wildman–Crippen MR) is 46.6 cm³/mol. The lowest BCUT2D eigenvalue weighted by molar-refractivity contribution is 1.25. The van der Waals surface area contributed by atoms with E-state index in [1.54, 1.807) is 12.4 Å². The third kappa shape index (κ3) is 2.83. The average molecular weight is 194 g/mol. The molecule has 0 aromatic carbocycles. The molecule has 4 heteroatoms. The van der Waals surface area contributed by atoms with Crippen molar-refractivity contribution in [2.75, 3.05) is 0 Å². The highest BCUT2D eigenvalue weighted by Gasteiger charge is 1.99. The predicted octanol–water partition coefficient (Wildman–Crippen LogP) is 3.37. The Labute approximate surface area is 70.7 Å². The molecule has 0 aliphatic carbocycles. The van der Waals surface area contributed by atoms with Crippen LogP contribution in [0.1, 0.15) is 5.56 Å². The van der Waals surface area contributed by atoms with Gasteiger partial charge in [0.1, 0.15) is 0 Å². The molecule has 0 fully saturated rings. The van der Waals surface area contributed by atoms with Crippen LogP contribution in [-0.4, -0.2) is 4.98 Å². The maximum atomic E-state index is 5.61. The van der Waals surface area contributed by atoms with Crippen LogP contribution < -0.4 is 0 Å². The summed E-state index contributed by atoms with van der Waals surface area (Å²) in [6, 6.07) is 3.84. The van der Waals surface area contributed by atoms with Crippen LogP contribution in [0.5, 0.6) is 0 Å². The maximum Gasteiger partial charge on any atom is 0.0899 e. The summed E-state index contributed by atoms with van der Waals surface area (Å²) < 4.78 is 0. The lowest BCUT2D eigenvalue weighted by atomic mass is 10.3. The van der Waals surface area contributed by atoms with Crippen molar-refractivity contribution in [2.24, 2.45) is 0 Å². The summed E-state index contributed by atoms with van der Waals surface area (Å²) in [5.41, 5.74) is 1.10. The molecule has 1 aromatic rings. The van der Waals surface area contributed by atoms with Gasteiger partial charge in [-0.15, -0.1) is 0 Å². The molecule has 0 atom stereocenters. The lowest BCUT2D eigenvalue weighted by Crippen LogP contribution is -1.78. The highest BCUT2D eigenvalue weighted by atomic mass is 35.9. The standard InChI is InChI=1S/C6H6Cl2NP/c7-10(8)5-6-2-1-3-9-4-6/h1-4H,5H2. The quantitative estimate of drug-likeness (QED) is 0.657. The highest BCUT2D eigenvalue weighted by molar-refractivity contribution is 8.03. The van der Waals surface area contributed by atoms with E-state index in [0.717, 1.165) is 11.7 Å². The molecule has 1 aromatic heterocycles. The zero-order valence-corrected chi connectivity index (χ0v) is 7.57. The van der Waals surface area contributed by atoms with Crippen molar-refractivity contribution in [3.8, 4) is 0 Å². The van der Waals surface area contributed by atoms with Crippen molar-refractivity contribution in [3.05, 3.63) is 30.1 Å². The summed E-state index contributed by atoms with van der Waals surface area (Å²) in [6.07, 6.45) is 4.24. The molecule has 0 saturated carbocycles. The molecule has 0 radical (unpaired) electrons. The van der Waals surface area contributed by atoms with Crippen LogP contribution >= 0.6 is 29.1 Å². The van der Waals surface area contributed by atoms with Crippen molar-refractivity contribution < 1.29 is 0 Å². The van der Waals surface area contributed by atoms with Gasteiger partial charge in [0.05, 0.1) is 6.63 Å². The van der Waals surface area contributed by atoms with Gasteiger partial charge in [0.15, 0.2) is 0 Å². The molecule has 0 aliphatic heterocycles. The third-order valence-corrected chi connectivity index (χ3v) is 2.35. The molecule has 1 heterocycles. The van der Waals surface area contributed by atoms with Crippen LogP contribution in [0.3, 0.4) is 0 Å². The smallest absolute Gasteiger partial charge is 0.0899 e. The normalized spacial score (nSPS) is 10.3. The second kappa shape index (κ2) is 4.12. The van der Waals surface area contributed by atoms with E-state index < -0.39 is 6.63 Å². The molecule has 1 rings (SSSR count). The maximum absolute atomic E-state index is 5.61. The SMILES string of the molecule is ClP(Cl)Cc1cccnc1. The Morgan fingerprint density at radius 3 is 2.80 bits per heavy atom. The van der Waals surface area contributed by atoms with E-state index in [-0.39, 0.29) is 0 Å². The number of rotatable bonds is 2. The molecule has 0 amide bonds. The van der Waals surface area contributed by atoms with E-state index in [0.29, 0.717) is 0 Å². The van der Waals surface area contributed by atoms with Crippen molar-refractivity contribution in [1.82, 2.24) is 4.98 Å². The monoisotopic (exact) mass is 193 g/mol. The Morgan fingerprint density at radius 1 is 1.50 bits per heavy atom. The number of nitrogens with zero attached hydrogens (tertiary/aromatic N) is 1. The second-order valence-corrected chi connectivity index (χ2v) is 5.71. The summed E-state index contributed by atoms with van der Waals surface area (Å²) in [5, 5.41) is 0. The zero-order chi connectivity index (χ0) is 7.40. The van der Waals surface area contributed by atoms with Gasteiger partial charge in [-0.3, -0.25) is 4.98 Å². The molecule has 0 saturated heterocycles. The molecular formula is C6H6Cl2NP. The van der Waals surface area contributed by atoms with Crippen LogP contribution in [-0.2, 0) is 6.16 Å². The molecule has 0 N–H and O–H groups in total. The number of pyridine rings is 1. The number of hydrogen-bond donors (Lipinski definition) is 0. The van der Waals surface area contributed by atoms with E-state index in [1.165, 1.54) is 0 Å². The minimum absolute atomic E-state index is 0.728. The minimum atomic E-state index is -0.872. The van der Waals surface area contributed by atoms with Crippen molar-refractivity contribution in [1.29, 1.82) is 0 Å². The average Bonchev–Trinajstić information content (AvgIpc) is 1.88.